The van der Waals surface area contributed by atoms with Gasteiger partial charge < -0.3 is 10.2 Å². The van der Waals surface area contributed by atoms with Crippen LogP contribution in [-0.4, -0.2) is 26.2 Å². The SMILES string of the molecule is CN(CCNC1CC1)c1cc(F)ccc1F. The first kappa shape index (κ1) is 11.3. The number of rotatable bonds is 5. The minimum absolute atomic E-state index is 0.317. The molecule has 1 fully saturated rings. The average Bonchev–Trinajstić information content (AvgIpc) is 3.05. The quantitative estimate of drug-likeness (QED) is 0.827. The van der Waals surface area contributed by atoms with Crippen LogP contribution in [0, 0.1) is 11.6 Å². The van der Waals surface area contributed by atoms with Crippen molar-refractivity contribution >= 4 is 5.69 Å². The van der Waals surface area contributed by atoms with Crippen molar-refractivity contribution in [3.05, 3.63) is 29.8 Å². The van der Waals surface area contributed by atoms with Crippen molar-refractivity contribution in [1.82, 2.24) is 5.32 Å². The molecular formula is C12H16F2N2. The fraction of sp³-hybridized carbons (Fsp3) is 0.500. The van der Waals surface area contributed by atoms with E-state index in [1.54, 1.807) is 11.9 Å². The van der Waals surface area contributed by atoms with Crippen molar-refractivity contribution in [2.24, 2.45) is 0 Å². The van der Waals surface area contributed by atoms with Crippen LogP contribution in [0.3, 0.4) is 0 Å². The Balaban J connectivity index is 1.90. The molecule has 0 aliphatic heterocycles. The van der Waals surface area contributed by atoms with Gasteiger partial charge in [0, 0.05) is 32.2 Å². The molecule has 0 unspecified atom stereocenters. The highest BCUT2D eigenvalue weighted by atomic mass is 19.1. The average molecular weight is 226 g/mol. The van der Waals surface area contributed by atoms with Gasteiger partial charge in [-0.3, -0.25) is 0 Å². The number of nitrogens with one attached hydrogen (secondary N) is 1. The first-order chi connectivity index (χ1) is 7.66. The summed E-state index contributed by atoms with van der Waals surface area (Å²) in [6, 6.07) is 4.17. The van der Waals surface area contributed by atoms with Crippen molar-refractivity contribution in [1.29, 1.82) is 0 Å². The van der Waals surface area contributed by atoms with Gasteiger partial charge in [-0.25, -0.2) is 8.78 Å². The molecule has 1 aromatic rings. The first-order valence-corrected chi connectivity index (χ1v) is 5.56. The summed E-state index contributed by atoms with van der Waals surface area (Å²) in [5.41, 5.74) is 0.317. The van der Waals surface area contributed by atoms with Gasteiger partial charge in [-0.15, -0.1) is 0 Å². The van der Waals surface area contributed by atoms with E-state index in [9.17, 15) is 8.78 Å². The summed E-state index contributed by atoms with van der Waals surface area (Å²) in [6.45, 7) is 1.48. The molecule has 0 radical (unpaired) electrons. The second-order valence-electron chi connectivity index (χ2n) is 4.25. The van der Waals surface area contributed by atoms with Crippen LogP contribution in [0.5, 0.6) is 0 Å². The summed E-state index contributed by atoms with van der Waals surface area (Å²) in [5.74, 6) is -0.784. The van der Waals surface area contributed by atoms with Gasteiger partial charge in [-0.2, -0.15) is 0 Å². The molecule has 0 heterocycles. The molecule has 1 aromatic carbocycles. The van der Waals surface area contributed by atoms with Crippen LogP contribution in [0.2, 0.25) is 0 Å². The summed E-state index contributed by atoms with van der Waals surface area (Å²) >= 11 is 0. The van der Waals surface area contributed by atoms with Gasteiger partial charge in [0.1, 0.15) is 11.6 Å². The zero-order valence-electron chi connectivity index (χ0n) is 9.34. The van der Waals surface area contributed by atoms with Crippen LogP contribution in [0.15, 0.2) is 18.2 Å². The van der Waals surface area contributed by atoms with E-state index in [1.807, 2.05) is 0 Å². The Labute approximate surface area is 94.3 Å². The molecule has 1 aliphatic carbocycles. The Morgan fingerprint density at radius 3 is 2.81 bits per heavy atom. The van der Waals surface area contributed by atoms with E-state index in [2.05, 4.69) is 5.32 Å². The Morgan fingerprint density at radius 2 is 2.12 bits per heavy atom. The molecule has 1 aliphatic rings. The van der Waals surface area contributed by atoms with Crippen LogP contribution < -0.4 is 10.2 Å². The van der Waals surface area contributed by atoms with Gasteiger partial charge in [0.05, 0.1) is 5.69 Å². The van der Waals surface area contributed by atoms with Crippen molar-refractivity contribution in [3.8, 4) is 0 Å². The second kappa shape index (κ2) is 4.78. The summed E-state index contributed by atoms with van der Waals surface area (Å²) in [7, 11) is 1.77. The fourth-order valence-corrected chi connectivity index (χ4v) is 1.62. The summed E-state index contributed by atoms with van der Waals surface area (Å²) in [4.78, 5) is 1.73. The van der Waals surface area contributed by atoms with E-state index >= 15 is 0 Å². The number of halogens is 2. The monoisotopic (exact) mass is 226 g/mol. The Morgan fingerprint density at radius 1 is 1.38 bits per heavy atom. The van der Waals surface area contributed by atoms with E-state index in [1.165, 1.54) is 18.9 Å². The van der Waals surface area contributed by atoms with E-state index < -0.39 is 5.82 Å². The number of anilines is 1. The zero-order valence-corrected chi connectivity index (χ0v) is 9.34. The van der Waals surface area contributed by atoms with Crippen LogP contribution in [0.1, 0.15) is 12.8 Å². The third-order valence-electron chi connectivity index (χ3n) is 2.78. The highest BCUT2D eigenvalue weighted by molar-refractivity contribution is 5.47. The standard InChI is InChI=1S/C12H16F2N2/c1-16(7-6-15-10-3-4-10)12-8-9(13)2-5-11(12)14/h2,5,8,10,15H,3-4,6-7H2,1H3. The smallest absolute Gasteiger partial charge is 0.146 e. The second-order valence-corrected chi connectivity index (χ2v) is 4.25. The third kappa shape index (κ3) is 2.92. The molecule has 0 aromatic heterocycles. The molecule has 16 heavy (non-hydrogen) atoms. The predicted molar refractivity (Wildman–Crippen MR) is 60.7 cm³/mol. The molecule has 88 valence electrons. The highest BCUT2D eigenvalue weighted by Gasteiger charge is 2.20. The molecule has 0 bridgehead atoms. The third-order valence-corrected chi connectivity index (χ3v) is 2.78. The number of nitrogens with zero attached hydrogens (tertiary/aromatic N) is 1. The molecule has 2 rings (SSSR count). The van der Waals surface area contributed by atoms with Crippen molar-refractivity contribution in [2.45, 2.75) is 18.9 Å². The Bertz CT molecular complexity index is 364. The fourth-order valence-electron chi connectivity index (χ4n) is 1.62. The topological polar surface area (TPSA) is 15.3 Å². The van der Waals surface area contributed by atoms with Gasteiger partial charge in [0.2, 0.25) is 0 Å². The maximum Gasteiger partial charge on any atom is 0.146 e. The van der Waals surface area contributed by atoms with Crippen molar-refractivity contribution in [3.63, 3.8) is 0 Å². The van der Waals surface area contributed by atoms with E-state index in [0.717, 1.165) is 18.7 Å². The lowest BCUT2D eigenvalue weighted by molar-refractivity contribution is 0.593. The minimum atomic E-state index is -0.404. The predicted octanol–water partition coefficient (Wildman–Crippen LogP) is 2.15. The van der Waals surface area contributed by atoms with E-state index in [4.69, 9.17) is 0 Å². The normalized spacial score (nSPS) is 15.2. The molecule has 0 atom stereocenters. The van der Waals surface area contributed by atoms with Crippen LogP contribution in [0.4, 0.5) is 14.5 Å². The van der Waals surface area contributed by atoms with Gasteiger partial charge in [0.15, 0.2) is 0 Å². The molecule has 1 saturated carbocycles. The van der Waals surface area contributed by atoms with Crippen LogP contribution >= 0.6 is 0 Å². The molecule has 2 nitrogen and oxygen atoms in total. The minimum Gasteiger partial charge on any atom is -0.371 e. The van der Waals surface area contributed by atoms with E-state index in [0.29, 0.717) is 18.3 Å². The number of benzene rings is 1. The first-order valence-electron chi connectivity index (χ1n) is 5.56. The van der Waals surface area contributed by atoms with Gasteiger partial charge in [-0.1, -0.05) is 0 Å². The number of likely N-dealkylation sites (N-methyl/N-ethyl adjacent to an activating group) is 1. The summed E-state index contributed by atoms with van der Waals surface area (Å²) < 4.78 is 26.3. The largest absolute Gasteiger partial charge is 0.371 e. The molecule has 4 heteroatoms. The van der Waals surface area contributed by atoms with E-state index in [-0.39, 0.29) is 5.82 Å². The lowest BCUT2D eigenvalue weighted by atomic mass is 10.2. The number of hydrogen-bond acceptors (Lipinski definition) is 2. The van der Waals surface area contributed by atoms with Gasteiger partial charge in [0.25, 0.3) is 0 Å². The Hall–Kier alpha value is -1.16. The lowest BCUT2D eigenvalue weighted by Gasteiger charge is -2.20. The molecular weight excluding hydrogens is 210 g/mol. The molecule has 0 saturated heterocycles. The molecule has 1 N–H and O–H groups in total. The van der Waals surface area contributed by atoms with Gasteiger partial charge in [-0.05, 0) is 25.0 Å². The van der Waals surface area contributed by atoms with Crippen molar-refractivity contribution in [2.75, 3.05) is 25.0 Å². The highest BCUT2D eigenvalue weighted by Crippen LogP contribution is 2.20. The van der Waals surface area contributed by atoms with Crippen LogP contribution in [-0.2, 0) is 0 Å². The summed E-state index contributed by atoms with van der Waals surface area (Å²) in [5, 5.41) is 3.33. The van der Waals surface area contributed by atoms with Crippen LogP contribution in [0.25, 0.3) is 0 Å². The molecule has 0 spiro atoms. The van der Waals surface area contributed by atoms with Crippen molar-refractivity contribution < 1.29 is 8.78 Å². The maximum atomic E-state index is 13.4. The lowest BCUT2D eigenvalue weighted by Crippen LogP contribution is -2.30. The summed E-state index contributed by atoms with van der Waals surface area (Å²) in [6.07, 6.45) is 2.47. The number of hydrogen-bond donors (Lipinski definition) is 1. The zero-order chi connectivity index (χ0) is 11.5. The Kier molecular flexibility index (Phi) is 3.39. The van der Waals surface area contributed by atoms with Gasteiger partial charge >= 0.3 is 0 Å². The molecule has 0 amide bonds. The maximum absolute atomic E-state index is 13.4.